The molecule has 0 spiro atoms. The van der Waals surface area contributed by atoms with E-state index in [4.69, 9.17) is 9.98 Å². The zero-order chi connectivity index (χ0) is 24.0. The molecule has 2 saturated carbocycles. The zero-order valence-corrected chi connectivity index (χ0v) is 20.0. The lowest BCUT2D eigenvalue weighted by atomic mass is 10.1. The van der Waals surface area contributed by atoms with Gasteiger partial charge in [0.25, 0.3) is 5.62 Å². The first-order valence-electron chi connectivity index (χ1n) is 12.5. The third-order valence-electron chi connectivity index (χ3n) is 7.31. The molecule has 0 unspecified atom stereocenters. The van der Waals surface area contributed by atoms with E-state index in [0.29, 0.717) is 22.4 Å². The number of hydrogen-bond acceptors (Lipinski definition) is 9. The number of hydrogen-bond donors (Lipinski definition) is 4. The molecule has 3 fully saturated rings. The van der Waals surface area contributed by atoms with Gasteiger partial charge in [-0.15, -0.1) is 0 Å². The van der Waals surface area contributed by atoms with Crippen LogP contribution in [-0.4, -0.2) is 96.3 Å². The molecule has 0 aromatic carbocycles. The summed E-state index contributed by atoms with van der Waals surface area (Å²) in [5, 5.41) is 18.5. The Morgan fingerprint density at radius 3 is 2.63 bits per heavy atom. The van der Waals surface area contributed by atoms with Crippen molar-refractivity contribution >= 4 is 17.7 Å². The maximum atomic E-state index is 11.5. The Hall–Kier alpha value is -3.25. The first-order chi connectivity index (χ1) is 17.0. The summed E-state index contributed by atoms with van der Waals surface area (Å²) in [6.07, 6.45) is 7.82. The van der Waals surface area contributed by atoms with E-state index in [2.05, 4.69) is 42.1 Å². The molecule has 6 rings (SSSR count). The summed E-state index contributed by atoms with van der Waals surface area (Å²) >= 11 is 0. The highest BCUT2D eigenvalue weighted by Gasteiger charge is 2.44. The summed E-state index contributed by atoms with van der Waals surface area (Å²) in [5.74, 6) is 0.306. The minimum Gasteiger partial charge on any atom is -0.493 e. The van der Waals surface area contributed by atoms with E-state index < -0.39 is 5.69 Å². The maximum Gasteiger partial charge on any atom is 0.326 e. The Morgan fingerprint density at radius 1 is 1.20 bits per heavy atom. The van der Waals surface area contributed by atoms with Crippen molar-refractivity contribution in [3.05, 3.63) is 33.2 Å². The van der Waals surface area contributed by atoms with Crippen molar-refractivity contribution in [1.29, 1.82) is 0 Å². The Kier molecular flexibility index (Phi) is 5.56. The molecule has 0 radical (unpaired) electrons. The molecule has 4 heterocycles. The Balaban J connectivity index is 1.26. The molecular formula is C23H32N10O2. The highest BCUT2D eigenvalue weighted by molar-refractivity contribution is 5.57. The van der Waals surface area contributed by atoms with E-state index in [1.165, 1.54) is 12.8 Å². The molecule has 186 valence electrons. The number of H-pyrrole nitrogens is 2. The standard InChI is InChI=1S/C23H32N10O2/c1-2-31-7-9-32(10-8-31)14-23(5-6-23)13-24-20-28-18-15(11-17-19(34)29-22(35)27-17)12-25-33(18)21(30-20)26-16-3-4-16/h11-12,16,34H,2-10,13-14H2,1H3,(H,24,26,30)(H2,27,29,35). The summed E-state index contributed by atoms with van der Waals surface area (Å²) in [7, 11) is 0. The van der Waals surface area contributed by atoms with Crippen LogP contribution in [0.15, 0.2) is 16.0 Å². The van der Waals surface area contributed by atoms with Gasteiger partial charge in [0.05, 0.1) is 12.2 Å². The Morgan fingerprint density at radius 2 is 1.97 bits per heavy atom. The van der Waals surface area contributed by atoms with Crippen molar-refractivity contribution in [3.8, 4) is 5.88 Å². The van der Waals surface area contributed by atoms with Crippen molar-refractivity contribution in [3.63, 3.8) is 0 Å². The third kappa shape index (κ3) is 4.80. The summed E-state index contributed by atoms with van der Waals surface area (Å²) < 4.78 is 1.62. The molecule has 12 nitrogen and oxygen atoms in total. The predicted molar refractivity (Wildman–Crippen MR) is 130 cm³/mol. The van der Waals surface area contributed by atoms with Crippen molar-refractivity contribution in [2.24, 2.45) is 10.4 Å². The minimum atomic E-state index is -0.475. The van der Waals surface area contributed by atoms with E-state index in [1.54, 1.807) is 16.8 Å². The first kappa shape index (κ1) is 22.2. The number of aromatic hydroxyl groups is 1. The van der Waals surface area contributed by atoms with Gasteiger partial charge in [0.1, 0.15) is 5.69 Å². The summed E-state index contributed by atoms with van der Waals surface area (Å²) in [6, 6.07) is 0.277. The molecule has 3 aliphatic rings. The molecule has 12 heteroatoms. The molecule has 0 atom stereocenters. The molecule has 3 aromatic heterocycles. The normalized spacial score (nSPS) is 21.7. The smallest absolute Gasteiger partial charge is 0.326 e. The topological polar surface area (TPSA) is 143 Å². The van der Waals surface area contributed by atoms with Crippen LogP contribution in [0.3, 0.4) is 0 Å². The Labute approximate surface area is 201 Å². The van der Waals surface area contributed by atoms with Gasteiger partial charge in [0.15, 0.2) is 5.65 Å². The quantitative estimate of drug-likeness (QED) is 0.331. The lowest BCUT2D eigenvalue weighted by Gasteiger charge is -2.36. The van der Waals surface area contributed by atoms with Crippen molar-refractivity contribution in [2.75, 3.05) is 51.1 Å². The van der Waals surface area contributed by atoms with Crippen LogP contribution in [0.5, 0.6) is 5.88 Å². The van der Waals surface area contributed by atoms with E-state index in [-0.39, 0.29) is 23.0 Å². The number of piperazine rings is 1. The molecule has 0 amide bonds. The van der Waals surface area contributed by atoms with Gasteiger partial charge in [-0.25, -0.2) is 9.79 Å². The van der Waals surface area contributed by atoms with Gasteiger partial charge < -0.3 is 25.2 Å². The van der Waals surface area contributed by atoms with Gasteiger partial charge in [-0.3, -0.25) is 4.98 Å². The lowest BCUT2D eigenvalue weighted by Crippen LogP contribution is -2.48. The number of likely N-dealkylation sites (N-methyl/N-ethyl adjacent to an activating group) is 1. The molecule has 4 N–H and O–H groups in total. The molecule has 1 saturated heterocycles. The fourth-order valence-corrected chi connectivity index (χ4v) is 4.73. The highest BCUT2D eigenvalue weighted by atomic mass is 16.3. The van der Waals surface area contributed by atoms with E-state index in [9.17, 15) is 9.90 Å². The number of rotatable bonds is 8. The average Bonchev–Trinajstić information content (AvgIpc) is 3.76. The average molecular weight is 481 g/mol. The predicted octanol–water partition coefficient (Wildman–Crippen LogP) is -0.713. The van der Waals surface area contributed by atoms with Gasteiger partial charge >= 0.3 is 5.69 Å². The van der Waals surface area contributed by atoms with Crippen LogP contribution >= 0.6 is 0 Å². The summed E-state index contributed by atoms with van der Waals surface area (Å²) in [5.41, 5.74) is 1.16. The second-order valence-electron chi connectivity index (χ2n) is 10.1. The van der Waals surface area contributed by atoms with E-state index >= 15 is 0 Å². The SMILES string of the molecule is CCN1CCN(CC2(CNc3nc(=NC4CC4)n4ncc(=Cc5[nH]c(=O)[nH]c5O)c4n3)CC2)CC1. The fraction of sp³-hybridized carbons (Fsp3) is 0.609. The molecule has 3 aromatic rings. The minimum absolute atomic E-state index is 0.222. The van der Waals surface area contributed by atoms with Gasteiger partial charge in [0.2, 0.25) is 11.8 Å². The second-order valence-corrected chi connectivity index (χ2v) is 10.1. The summed E-state index contributed by atoms with van der Waals surface area (Å²) in [4.78, 5) is 35.7. The van der Waals surface area contributed by atoms with Crippen LogP contribution in [0.4, 0.5) is 5.95 Å². The van der Waals surface area contributed by atoms with E-state index in [1.807, 2.05) is 0 Å². The van der Waals surface area contributed by atoms with Gasteiger partial charge in [0, 0.05) is 49.9 Å². The third-order valence-corrected chi connectivity index (χ3v) is 7.31. The fourth-order valence-electron chi connectivity index (χ4n) is 4.73. The molecule has 35 heavy (non-hydrogen) atoms. The van der Waals surface area contributed by atoms with Crippen molar-refractivity contribution < 1.29 is 5.11 Å². The Bertz CT molecular complexity index is 1390. The first-order valence-corrected chi connectivity index (χ1v) is 12.5. The van der Waals surface area contributed by atoms with Crippen LogP contribution in [0.1, 0.15) is 38.3 Å². The van der Waals surface area contributed by atoms with Crippen molar-refractivity contribution in [1.82, 2.24) is 39.3 Å². The highest BCUT2D eigenvalue weighted by Crippen LogP contribution is 2.46. The van der Waals surface area contributed by atoms with Crippen LogP contribution in [0, 0.1) is 5.41 Å². The monoisotopic (exact) mass is 480 g/mol. The van der Waals surface area contributed by atoms with Gasteiger partial charge in [-0.05, 0) is 38.3 Å². The number of anilines is 1. The van der Waals surface area contributed by atoms with Crippen LogP contribution in [-0.2, 0) is 0 Å². The van der Waals surface area contributed by atoms with Crippen LogP contribution < -0.4 is 21.8 Å². The number of nitrogens with one attached hydrogen (secondary N) is 3. The number of fused-ring (bicyclic) bond motifs is 1. The molecule has 1 aliphatic heterocycles. The lowest BCUT2D eigenvalue weighted by molar-refractivity contribution is 0.119. The molecule has 0 bridgehead atoms. The largest absolute Gasteiger partial charge is 0.493 e. The number of aromatic amines is 2. The summed E-state index contributed by atoms with van der Waals surface area (Å²) in [6.45, 7) is 9.83. The number of nitrogens with zero attached hydrogens (tertiary/aromatic N) is 7. The van der Waals surface area contributed by atoms with Crippen LogP contribution in [0.25, 0.3) is 11.7 Å². The van der Waals surface area contributed by atoms with E-state index in [0.717, 1.165) is 58.7 Å². The second kappa shape index (κ2) is 8.76. The maximum absolute atomic E-state index is 11.5. The van der Waals surface area contributed by atoms with Crippen LogP contribution in [0.2, 0.25) is 0 Å². The van der Waals surface area contributed by atoms with Gasteiger partial charge in [-0.2, -0.15) is 19.6 Å². The number of imidazole rings is 1. The number of aromatic nitrogens is 6. The zero-order valence-electron chi connectivity index (χ0n) is 20.0. The van der Waals surface area contributed by atoms with Crippen molar-refractivity contribution in [2.45, 2.75) is 38.6 Å². The molecular weight excluding hydrogens is 448 g/mol. The molecule has 2 aliphatic carbocycles. The van der Waals surface area contributed by atoms with Gasteiger partial charge in [-0.1, -0.05) is 6.92 Å².